The lowest BCUT2D eigenvalue weighted by atomic mass is 10.1. The molecular formula is C16H17NO3. The maximum Gasteiger partial charge on any atom is 0.327 e. The van der Waals surface area contributed by atoms with Crippen molar-refractivity contribution in [3.8, 4) is 5.75 Å². The van der Waals surface area contributed by atoms with Crippen molar-refractivity contribution < 1.29 is 14.3 Å². The number of carbonyl (C=O) groups is 1. The highest BCUT2D eigenvalue weighted by Gasteiger charge is 2.16. The molecule has 20 heavy (non-hydrogen) atoms. The smallest absolute Gasteiger partial charge is 0.327 e. The van der Waals surface area contributed by atoms with Gasteiger partial charge in [-0.15, -0.1) is 0 Å². The van der Waals surface area contributed by atoms with Crippen molar-refractivity contribution in [2.75, 3.05) is 7.11 Å². The highest BCUT2D eigenvalue weighted by molar-refractivity contribution is 5.77. The second-order valence-electron chi connectivity index (χ2n) is 4.35. The highest BCUT2D eigenvalue weighted by Crippen LogP contribution is 2.15. The second-order valence-corrected chi connectivity index (χ2v) is 4.35. The fraction of sp³-hybridized carbons (Fsp3) is 0.188. The fourth-order valence-electron chi connectivity index (χ4n) is 1.80. The van der Waals surface area contributed by atoms with E-state index >= 15 is 0 Å². The first-order chi connectivity index (χ1) is 9.70. The summed E-state index contributed by atoms with van der Waals surface area (Å²) in [4.78, 5) is 11.9. The number of carbonyl (C=O) groups excluding carboxylic acids is 1. The lowest BCUT2D eigenvalue weighted by molar-refractivity contribution is -0.146. The molecule has 0 fully saturated rings. The molecule has 0 aromatic heterocycles. The Bertz CT molecular complexity index is 569. The van der Waals surface area contributed by atoms with Crippen LogP contribution in [0.15, 0.2) is 54.6 Å². The molecule has 0 saturated heterocycles. The van der Waals surface area contributed by atoms with E-state index in [0.29, 0.717) is 0 Å². The minimum atomic E-state index is -0.762. The van der Waals surface area contributed by atoms with Crippen molar-refractivity contribution in [1.82, 2.24) is 0 Å². The monoisotopic (exact) mass is 271 g/mol. The third-order valence-corrected chi connectivity index (χ3v) is 2.93. The molecule has 2 rings (SSSR count). The van der Waals surface area contributed by atoms with Gasteiger partial charge in [0.15, 0.2) is 0 Å². The van der Waals surface area contributed by atoms with Gasteiger partial charge in [0, 0.05) is 0 Å². The number of esters is 1. The van der Waals surface area contributed by atoms with Crippen LogP contribution in [-0.2, 0) is 16.1 Å². The van der Waals surface area contributed by atoms with Gasteiger partial charge in [0.25, 0.3) is 0 Å². The minimum Gasteiger partial charge on any atom is -0.497 e. The van der Waals surface area contributed by atoms with Crippen LogP contribution < -0.4 is 10.5 Å². The molecule has 2 aromatic rings. The molecule has 1 atom stereocenters. The Morgan fingerprint density at radius 3 is 2.60 bits per heavy atom. The molecule has 2 aromatic carbocycles. The van der Waals surface area contributed by atoms with Crippen LogP contribution >= 0.6 is 0 Å². The average molecular weight is 271 g/mol. The van der Waals surface area contributed by atoms with Gasteiger partial charge in [0.2, 0.25) is 0 Å². The summed E-state index contributed by atoms with van der Waals surface area (Å²) >= 11 is 0. The molecular weight excluding hydrogens is 254 g/mol. The van der Waals surface area contributed by atoms with Crippen molar-refractivity contribution in [2.45, 2.75) is 12.6 Å². The van der Waals surface area contributed by atoms with Gasteiger partial charge in [-0.1, -0.05) is 42.5 Å². The topological polar surface area (TPSA) is 61.5 Å². The number of hydrogen-bond acceptors (Lipinski definition) is 4. The van der Waals surface area contributed by atoms with Crippen LogP contribution in [0.4, 0.5) is 0 Å². The van der Waals surface area contributed by atoms with Gasteiger partial charge in [-0.3, -0.25) is 0 Å². The third kappa shape index (κ3) is 3.59. The Balaban J connectivity index is 1.95. The summed E-state index contributed by atoms with van der Waals surface area (Å²) in [7, 11) is 1.59. The number of benzene rings is 2. The van der Waals surface area contributed by atoms with Gasteiger partial charge in [0.05, 0.1) is 7.11 Å². The summed E-state index contributed by atoms with van der Waals surface area (Å²) in [5.41, 5.74) is 7.46. The number of ether oxygens (including phenoxy) is 2. The van der Waals surface area contributed by atoms with Crippen LogP contribution in [0.3, 0.4) is 0 Å². The lowest BCUT2D eigenvalue weighted by Crippen LogP contribution is -2.23. The normalized spacial score (nSPS) is 11.7. The summed E-state index contributed by atoms with van der Waals surface area (Å²) < 4.78 is 10.3. The Morgan fingerprint density at radius 1 is 1.15 bits per heavy atom. The van der Waals surface area contributed by atoms with Gasteiger partial charge in [-0.05, 0) is 23.3 Å². The zero-order valence-electron chi connectivity index (χ0n) is 11.3. The van der Waals surface area contributed by atoms with Gasteiger partial charge in [0.1, 0.15) is 18.4 Å². The Labute approximate surface area is 118 Å². The number of rotatable bonds is 5. The molecule has 1 unspecified atom stereocenters. The first kappa shape index (κ1) is 14.1. The van der Waals surface area contributed by atoms with Crippen LogP contribution in [0.2, 0.25) is 0 Å². The zero-order valence-corrected chi connectivity index (χ0v) is 11.3. The zero-order chi connectivity index (χ0) is 14.4. The Hall–Kier alpha value is -2.33. The van der Waals surface area contributed by atoms with Crippen molar-refractivity contribution in [1.29, 1.82) is 0 Å². The highest BCUT2D eigenvalue weighted by atomic mass is 16.5. The van der Waals surface area contributed by atoms with Crippen LogP contribution in [0.25, 0.3) is 0 Å². The van der Waals surface area contributed by atoms with E-state index in [9.17, 15) is 4.79 Å². The van der Waals surface area contributed by atoms with E-state index in [-0.39, 0.29) is 6.61 Å². The largest absolute Gasteiger partial charge is 0.497 e. The molecule has 2 N–H and O–H groups in total. The first-order valence-electron chi connectivity index (χ1n) is 6.31. The number of nitrogens with two attached hydrogens (primary N) is 1. The molecule has 4 nitrogen and oxygen atoms in total. The Morgan fingerprint density at radius 2 is 1.90 bits per heavy atom. The summed E-state index contributed by atoms with van der Waals surface area (Å²) in [6, 6.07) is 15.8. The van der Waals surface area contributed by atoms with Gasteiger partial charge >= 0.3 is 5.97 Å². The van der Waals surface area contributed by atoms with Gasteiger partial charge in [-0.2, -0.15) is 0 Å². The van der Waals surface area contributed by atoms with E-state index in [0.717, 1.165) is 16.9 Å². The molecule has 4 heteroatoms. The summed E-state index contributed by atoms with van der Waals surface area (Å²) in [6.45, 7) is 0.177. The van der Waals surface area contributed by atoms with Crippen LogP contribution in [0.1, 0.15) is 17.2 Å². The van der Waals surface area contributed by atoms with E-state index in [1.807, 2.05) is 42.5 Å². The SMILES string of the molecule is COc1cccc(COC(=O)C(N)c2ccccc2)c1. The molecule has 0 aliphatic heterocycles. The number of methoxy groups -OCH3 is 1. The van der Waals surface area contributed by atoms with Crippen LogP contribution in [0, 0.1) is 0 Å². The maximum atomic E-state index is 11.9. The molecule has 0 saturated carbocycles. The minimum absolute atomic E-state index is 0.177. The van der Waals surface area contributed by atoms with Crippen molar-refractivity contribution in [3.63, 3.8) is 0 Å². The molecule has 104 valence electrons. The summed E-state index contributed by atoms with van der Waals surface area (Å²) in [5, 5.41) is 0. The molecule has 0 aliphatic carbocycles. The predicted molar refractivity (Wildman–Crippen MR) is 76.2 cm³/mol. The van der Waals surface area contributed by atoms with E-state index in [1.54, 1.807) is 19.2 Å². The van der Waals surface area contributed by atoms with Crippen molar-refractivity contribution in [2.24, 2.45) is 5.73 Å². The second kappa shape index (κ2) is 6.73. The van der Waals surface area contributed by atoms with Gasteiger partial charge < -0.3 is 15.2 Å². The van der Waals surface area contributed by atoms with E-state index < -0.39 is 12.0 Å². The van der Waals surface area contributed by atoms with Crippen LogP contribution in [0.5, 0.6) is 5.75 Å². The van der Waals surface area contributed by atoms with Crippen molar-refractivity contribution in [3.05, 3.63) is 65.7 Å². The first-order valence-corrected chi connectivity index (χ1v) is 6.31. The molecule has 0 aliphatic rings. The molecule has 0 amide bonds. The fourth-order valence-corrected chi connectivity index (χ4v) is 1.80. The summed E-state index contributed by atoms with van der Waals surface area (Å²) in [6.07, 6.45) is 0. The Kier molecular flexibility index (Phi) is 4.74. The van der Waals surface area contributed by atoms with E-state index in [4.69, 9.17) is 15.2 Å². The molecule has 0 spiro atoms. The average Bonchev–Trinajstić information content (AvgIpc) is 2.53. The van der Waals surface area contributed by atoms with Crippen LogP contribution in [-0.4, -0.2) is 13.1 Å². The van der Waals surface area contributed by atoms with E-state index in [1.165, 1.54) is 0 Å². The molecule has 0 radical (unpaired) electrons. The standard InChI is InChI=1S/C16H17NO3/c1-19-14-9-5-6-12(10-14)11-20-16(18)15(17)13-7-3-2-4-8-13/h2-10,15H,11,17H2,1H3. The number of hydrogen-bond donors (Lipinski definition) is 1. The molecule has 0 heterocycles. The van der Waals surface area contributed by atoms with E-state index in [2.05, 4.69) is 0 Å². The van der Waals surface area contributed by atoms with Gasteiger partial charge in [-0.25, -0.2) is 4.79 Å². The molecule has 0 bridgehead atoms. The van der Waals surface area contributed by atoms with Crippen molar-refractivity contribution >= 4 is 5.97 Å². The summed E-state index contributed by atoms with van der Waals surface area (Å²) in [5.74, 6) is 0.282. The maximum absolute atomic E-state index is 11.9. The lowest BCUT2D eigenvalue weighted by Gasteiger charge is -2.12. The third-order valence-electron chi connectivity index (χ3n) is 2.93. The quantitative estimate of drug-likeness (QED) is 0.848. The predicted octanol–water partition coefficient (Wildman–Crippen LogP) is 2.44.